The highest BCUT2D eigenvalue weighted by molar-refractivity contribution is 5.96. The van der Waals surface area contributed by atoms with Crippen LogP contribution in [-0.2, 0) is 14.2 Å². The van der Waals surface area contributed by atoms with Crippen molar-refractivity contribution in [2.75, 3.05) is 25.3 Å². The van der Waals surface area contributed by atoms with Gasteiger partial charge in [0.05, 0.1) is 23.4 Å². The Morgan fingerprint density at radius 1 is 1.15 bits per heavy atom. The summed E-state index contributed by atoms with van der Waals surface area (Å²) >= 11 is 0. The number of carbonyl (C=O) groups excluding carboxylic acids is 1. The second-order valence-electron chi connectivity index (χ2n) is 10.4. The number of amides is 1. The lowest BCUT2D eigenvalue weighted by molar-refractivity contribution is 0.0320. The first-order chi connectivity index (χ1) is 20.0. The molecule has 2 fully saturated rings. The van der Waals surface area contributed by atoms with Gasteiger partial charge in [0.1, 0.15) is 43.2 Å². The summed E-state index contributed by atoms with van der Waals surface area (Å²) < 4.78 is 37.6. The van der Waals surface area contributed by atoms with Gasteiger partial charge in [0, 0.05) is 17.1 Å². The first kappa shape index (κ1) is 26.8. The van der Waals surface area contributed by atoms with E-state index in [-0.39, 0.29) is 18.7 Å². The first-order valence-corrected chi connectivity index (χ1v) is 13.7. The number of rotatable bonds is 8. The van der Waals surface area contributed by atoms with Crippen LogP contribution in [0, 0.1) is 17.1 Å². The highest BCUT2D eigenvalue weighted by Crippen LogP contribution is 2.43. The maximum Gasteiger partial charge on any atom is 0.412 e. The van der Waals surface area contributed by atoms with E-state index < -0.39 is 12.2 Å². The van der Waals surface area contributed by atoms with Crippen molar-refractivity contribution in [3.8, 4) is 23.1 Å². The van der Waals surface area contributed by atoms with Crippen LogP contribution in [0.3, 0.4) is 0 Å². The van der Waals surface area contributed by atoms with Crippen LogP contribution in [0.4, 0.5) is 14.9 Å². The van der Waals surface area contributed by atoms with Gasteiger partial charge in [0.15, 0.2) is 0 Å². The summed E-state index contributed by atoms with van der Waals surface area (Å²) in [6.45, 7) is 2.89. The molecule has 0 radical (unpaired) electrons. The van der Waals surface area contributed by atoms with Gasteiger partial charge in [0.25, 0.3) is 0 Å². The van der Waals surface area contributed by atoms with E-state index in [2.05, 4.69) is 16.0 Å². The largest absolute Gasteiger partial charge is 0.491 e. The molecule has 1 N–H and O–H groups in total. The molecule has 0 bridgehead atoms. The zero-order valence-electron chi connectivity index (χ0n) is 22.6. The number of carbonyl (C=O) groups is 1. The fourth-order valence-electron chi connectivity index (χ4n) is 5.28. The molecule has 210 valence electrons. The Labute approximate surface area is 237 Å². The summed E-state index contributed by atoms with van der Waals surface area (Å²) in [5.74, 6) is 0.329. The van der Waals surface area contributed by atoms with Gasteiger partial charge in [-0.2, -0.15) is 5.26 Å². The average molecular weight is 556 g/mol. The lowest BCUT2D eigenvalue weighted by atomic mass is 9.92. The van der Waals surface area contributed by atoms with Crippen LogP contribution in [0.2, 0.25) is 0 Å². The van der Waals surface area contributed by atoms with Crippen molar-refractivity contribution in [3.63, 3.8) is 0 Å². The maximum atomic E-state index is 13.2. The minimum atomic E-state index is -0.613. The van der Waals surface area contributed by atoms with E-state index >= 15 is 0 Å². The van der Waals surface area contributed by atoms with E-state index in [1.807, 2.05) is 30.3 Å². The number of benzene rings is 3. The summed E-state index contributed by atoms with van der Waals surface area (Å²) in [6, 6.07) is 21.9. The van der Waals surface area contributed by atoms with Gasteiger partial charge in [0.2, 0.25) is 0 Å². The molecule has 1 amide bonds. The number of aromatic nitrogens is 1. The fraction of sp³-hybridized carbons (Fsp3) is 0.312. The Bertz CT molecular complexity index is 1580. The zero-order valence-corrected chi connectivity index (χ0v) is 22.6. The molecule has 1 aromatic heterocycles. The Balaban J connectivity index is 1.24. The minimum absolute atomic E-state index is 0.105. The van der Waals surface area contributed by atoms with Crippen molar-refractivity contribution < 1.29 is 28.1 Å². The molecule has 3 aromatic carbocycles. The van der Waals surface area contributed by atoms with E-state index in [4.69, 9.17) is 18.9 Å². The van der Waals surface area contributed by atoms with Gasteiger partial charge in [-0.25, -0.2) is 9.18 Å². The van der Waals surface area contributed by atoms with E-state index in [0.29, 0.717) is 41.8 Å². The molecule has 0 spiro atoms. The lowest BCUT2D eigenvalue weighted by Crippen LogP contribution is -2.19. The summed E-state index contributed by atoms with van der Waals surface area (Å²) in [4.78, 5) is 12.5. The quantitative estimate of drug-likeness (QED) is 0.249. The van der Waals surface area contributed by atoms with Crippen LogP contribution < -0.4 is 10.1 Å². The monoisotopic (exact) mass is 555 g/mol. The van der Waals surface area contributed by atoms with E-state index in [9.17, 15) is 14.4 Å². The van der Waals surface area contributed by atoms with Gasteiger partial charge < -0.3 is 23.5 Å². The molecule has 2 atom stereocenters. The van der Waals surface area contributed by atoms with Crippen LogP contribution in [0.15, 0.2) is 66.7 Å². The van der Waals surface area contributed by atoms with Crippen LogP contribution in [0.5, 0.6) is 5.75 Å². The van der Waals surface area contributed by atoms with Crippen LogP contribution in [0.1, 0.15) is 49.5 Å². The van der Waals surface area contributed by atoms with E-state index in [1.54, 1.807) is 31.2 Å². The number of nitrogens with one attached hydrogen (secondary N) is 1. The molecule has 1 aliphatic carbocycles. The maximum absolute atomic E-state index is 13.2. The number of ether oxygens (including phenoxy) is 4. The van der Waals surface area contributed by atoms with Gasteiger partial charge in [-0.15, -0.1) is 0 Å². The molecule has 9 heteroatoms. The predicted octanol–water partition coefficient (Wildman–Crippen LogP) is 7.11. The van der Waals surface area contributed by atoms with Crippen molar-refractivity contribution in [1.82, 2.24) is 4.57 Å². The number of nitriles is 1. The van der Waals surface area contributed by atoms with E-state index in [1.165, 1.54) is 12.1 Å². The van der Waals surface area contributed by atoms with Crippen LogP contribution in [-0.4, -0.2) is 36.8 Å². The first-order valence-electron chi connectivity index (χ1n) is 13.7. The molecule has 2 aliphatic rings. The molecule has 8 nitrogen and oxygen atoms in total. The number of hydrogen-bond donors (Lipinski definition) is 1. The van der Waals surface area contributed by atoms with Crippen molar-refractivity contribution in [3.05, 3.63) is 83.7 Å². The Morgan fingerprint density at radius 3 is 2.59 bits per heavy atom. The topological polar surface area (TPSA) is 94.7 Å². The summed E-state index contributed by atoms with van der Waals surface area (Å²) in [7, 11) is 0. The fourth-order valence-corrected chi connectivity index (χ4v) is 5.28. The Morgan fingerprint density at radius 2 is 1.93 bits per heavy atom. The van der Waals surface area contributed by atoms with E-state index in [0.717, 1.165) is 41.4 Å². The van der Waals surface area contributed by atoms with Crippen molar-refractivity contribution in [2.24, 2.45) is 0 Å². The molecule has 4 aromatic rings. The number of halogens is 1. The second kappa shape index (κ2) is 11.6. The third kappa shape index (κ3) is 5.62. The summed E-state index contributed by atoms with van der Waals surface area (Å²) in [6.07, 6.45) is 1.99. The summed E-state index contributed by atoms with van der Waals surface area (Å²) in [5, 5.41) is 13.9. The minimum Gasteiger partial charge on any atom is -0.491 e. The van der Waals surface area contributed by atoms with Gasteiger partial charge in [-0.1, -0.05) is 24.3 Å². The molecular weight excluding hydrogens is 525 g/mol. The Hall–Kier alpha value is -4.39. The Kier molecular flexibility index (Phi) is 7.59. The third-order valence-corrected chi connectivity index (χ3v) is 7.68. The molecule has 1 unspecified atom stereocenters. The standard InChI is InChI=1S/C32H30FN3O5/c1-20(21-5-9-23(33)10-6-21)41-32(37)35-24-11-7-22(8-12-24)31-29(16-34)28-15-26(39-18-27-17-38-19-40-27)13-14-30(28)36(31)25-3-2-4-25/h5-15,20,25,27H,2-4,17-19H2,1H3,(H,35,37)/t20-,27?/m1/s1. The van der Waals surface area contributed by atoms with Crippen molar-refractivity contribution in [1.29, 1.82) is 5.26 Å². The molecule has 1 saturated heterocycles. The normalized spacial score (nSPS) is 17.5. The zero-order chi connectivity index (χ0) is 28.3. The number of hydrogen-bond acceptors (Lipinski definition) is 6. The summed E-state index contributed by atoms with van der Waals surface area (Å²) in [5.41, 5.74) is 4.57. The average Bonchev–Trinajstić information content (AvgIpc) is 3.58. The molecule has 41 heavy (non-hydrogen) atoms. The molecular formula is C32H30FN3O5. The molecule has 2 heterocycles. The lowest BCUT2D eigenvalue weighted by Gasteiger charge is -2.30. The number of fused-ring (bicyclic) bond motifs is 1. The van der Waals surface area contributed by atoms with Gasteiger partial charge >= 0.3 is 6.09 Å². The molecule has 1 aliphatic heterocycles. The number of nitrogens with zero attached hydrogens (tertiary/aromatic N) is 2. The second-order valence-corrected chi connectivity index (χ2v) is 10.4. The third-order valence-electron chi connectivity index (χ3n) is 7.68. The highest BCUT2D eigenvalue weighted by atomic mass is 19.1. The van der Waals surface area contributed by atoms with Crippen molar-refractivity contribution >= 4 is 22.7 Å². The van der Waals surface area contributed by atoms with Crippen LogP contribution >= 0.6 is 0 Å². The molecule has 6 rings (SSSR count). The SMILES string of the molecule is C[C@@H](OC(=O)Nc1ccc(-c2c(C#N)c3cc(OCC4COCO4)ccc3n2C2CCC2)cc1)c1ccc(F)cc1. The predicted molar refractivity (Wildman–Crippen MR) is 151 cm³/mol. The van der Waals surface area contributed by atoms with Gasteiger partial charge in [-0.05, 0) is 79.8 Å². The van der Waals surface area contributed by atoms with Crippen LogP contribution in [0.25, 0.3) is 22.2 Å². The van der Waals surface area contributed by atoms with Gasteiger partial charge in [-0.3, -0.25) is 5.32 Å². The smallest absolute Gasteiger partial charge is 0.412 e. The molecule has 1 saturated carbocycles. The highest BCUT2D eigenvalue weighted by Gasteiger charge is 2.28. The number of anilines is 1. The van der Waals surface area contributed by atoms with Crippen molar-refractivity contribution in [2.45, 2.75) is 44.4 Å².